The summed E-state index contributed by atoms with van der Waals surface area (Å²) in [4.78, 5) is 8.13. The van der Waals surface area contributed by atoms with Crippen LogP contribution in [0.25, 0.3) is 0 Å². The molecule has 1 saturated carbocycles. The summed E-state index contributed by atoms with van der Waals surface area (Å²) in [5, 5.41) is 0. The third-order valence-electron chi connectivity index (χ3n) is 3.87. The number of H-pyrrole nitrogens is 1. The number of hydrogen-bond donors (Lipinski definition) is 1. The van der Waals surface area contributed by atoms with Crippen molar-refractivity contribution in [3.8, 4) is 0 Å². The molecule has 0 radical (unpaired) electrons. The van der Waals surface area contributed by atoms with Gasteiger partial charge in [-0.2, -0.15) is 0 Å². The van der Waals surface area contributed by atoms with Gasteiger partial charge in [0.25, 0.3) is 0 Å². The summed E-state index contributed by atoms with van der Waals surface area (Å²) in [7, 11) is 0. The van der Waals surface area contributed by atoms with Crippen molar-refractivity contribution in [2.75, 3.05) is 0 Å². The van der Waals surface area contributed by atoms with Gasteiger partial charge < -0.3 is 4.98 Å². The van der Waals surface area contributed by atoms with E-state index in [1.807, 2.05) is 0 Å². The van der Waals surface area contributed by atoms with Crippen LogP contribution >= 0.6 is 12.2 Å². The van der Waals surface area contributed by atoms with Gasteiger partial charge in [0, 0.05) is 17.2 Å². The molecular weight excluding hydrogens is 228 g/mol. The second-order valence-corrected chi connectivity index (χ2v) is 5.46. The predicted molar refractivity (Wildman–Crippen MR) is 74.0 cm³/mol. The Morgan fingerprint density at radius 2 is 1.88 bits per heavy atom. The van der Waals surface area contributed by atoms with Crippen LogP contribution in [-0.2, 0) is 6.42 Å². The van der Waals surface area contributed by atoms with Crippen molar-refractivity contribution in [2.45, 2.75) is 64.7 Å². The maximum atomic E-state index is 5.37. The molecule has 1 aliphatic rings. The fourth-order valence-corrected chi connectivity index (χ4v) is 2.92. The van der Waals surface area contributed by atoms with Crippen LogP contribution in [0.3, 0.4) is 0 Å². The lowest BCUT2D eigenvalue weighted by Gasteiger charge is -2.15. The Balaban J connectivity index is 2.31. The molecule has 17 heavy (non-hydrogen) atoms. The molecule has 1 heterocycles. The molecule has 0 aliphatic heterocycles. The zero-order valence-electron chi connectivity index (χ0n) is 10.9. The topological polar surface area (TPSA) is 28.7 Å². The van der Waals surface area contributed by atoms with Crippen molar-refractivity contribution in [3.63, 3.8) is 0 Å². The van der Waals surface area contributed by atoms with Crippen LogP contribution in [0, 0.1) is 11.6 Å². The smallest absolute Gasteiger partial charge is 0.132 e. The highest BCUT2D eigenvalue weighted by Gasteiger charge is 2.17. The maximum absolute atomic E-state index is 5.37. The molecule has 1 aromatic heterocycles. The van der Waals surface area contributed by atoms with E-state index in [0.29, 0.717) is 5.92 Å². The first-order valence-electron chi connectivity index (χ1n) is 6.82. The zero-order chi connectivity index (χ0) is 12.3. The van der Waals surface area contributed by atoms with E-state index in [2.05, 4.69) is 23.8 Å². The molecule has 94 valence electrons. The minimum atomic E-state index is 0.602. The van der Waals surface area contributed by atoms with Crippen LogP contribution in [0.1, 0.15) is 68.4 Å². The first-order valence-corrected chi connectivity index (χ1v) is 7.23. The predicted octanol–water partition coefficient (Wildman–Crippen LogP) is 4.45. The average Bonchev–Trinajstić information content (AvgIpc) is 2.61. The SMILES string of the molecule is CCc1[nH]c(C2CCCCCC2)nc(=S)c1C. The van der Waals surface area contributed by atoms with E-state index in [4.69, 9.17) is 12.2 Å². The van der Waals surface area contributed by atoms with Crippen LogP contribution in [0.4, 0.5) is 0 Å². The van der Waals surface area contributed by atoms with Gasteiger partial charge in [-0.3, -0.25) is 0 Å². The Labute approximate surface area is 109 Å². The van der Waals surface area contributed by atoms with Gasteiger partial charge in [-0.1, -0.05) is 44.8 Å². The Morgan fingerprint density at radius 1 is 1.24 bits per heavy atom. The quantitative estimate of drug-likeness (QED) is 0.620. The lowest BCUT2D eigenvalue weighted by atomic mass is 9.99. The summed E-state index contributed by atoms with van der Waals surface area (Å²) in [6.45, 7) is 4.24. The lowest BCUT2D eigenvalue weighted by Crippen LogP contribution is -2.08. The Kier molecular flexibility index (Phi) is 4.32. The molecule has 0 spiro atoms. The molecule has 0 aromatic carbocycles. The van der Waals surface area contributed by atoms with E-state index in [1.54, 1.807) is 0 Å². The Morgan fingerprint density at radius 3 is 2.47 bits per heavy atom. The number of aryl methyl sites for hydroxylation is 1. The molecule has 2 nitrogen and oxygen atoms in total. The third kappa shape index (κ3) is 2.95. The second-order valence-electron chi connectivity index (χ2n) is 5.07. The van der Waals surface area contributed by atoms with Crippen LogP contribution in [-0.4, -0.2) is 9.97 Å². The summed E-state index contributed by atoms with van der Waals surface area (Å²) in [5.74, 6) is 1.74. The van der Waals surface area contributed by atoms with E-state index in [-0.39, 0.29) is 0 Å². The fraction of sp³-hybridized carbons (Fsp3) is 0.714. The van der Waals surface area contributed by atoms with Crippen LogP contribution in [0.2, 0.25) is 0 Å². The van der Waals surface area contributed by atoms with Crippen molar-refractivity contribution in [2.24, 2.45) is 0 Å². The number of nitrogens with zero attached hydrogens (tertiary/aromatic N) is 1. The number of hydrogen-bond acceptors (Lipinski definition) is 2. The monoisotopic (exact) mass is 250 g/mol. The molecule has 0 amide bonds. The molecule has 1 N–H and O–H groups in total. The average molecular weight is 250 g/mol. The summed E-state index contributed by atoms with van der Waals surface area (Å²) < 4.78 is 0.792. The van der Waals surface area contributed by atoms with Gasteiger partial charge in [-0.05, 0) is 26.2 Å². The molecular formula is C14H22N2S. The molecule has 0 bridgehead atoms. The van der Waals surface area contributed by atoms with E-state index in [9.17, 15) is 0 Å². The van der Waals surface area contributed by atoms with Gasteiger partial charge in [-0.25, -0.2) is 4.98 Å². The molecule has 1 aliphatic carbocycles. The van der Waals surface area contributed by atoms with Crippen molar-refractivity contribution < 1.29 is 0 Å². The van der Waals surface area contributed by atoms with E-state index < -0.39 is 0 Å². The standard InChI is InChI=1S/C14H22N2S/c1-3-12-10(2)14(17)16-13(15-12)11-8-6-4-5-7-9-11/h11H,3-9H2,1-2H3,(H,15,16,17). The van der Waals surface area contributed by atoms with Crippen LogP contribution < -0.4 is 0 Å². The Hall–Kier alpha value is -0.700. The van der Waals surface area contributed by atoms with Gasteiger partial charge >= 0.3 is 0 Å². The van der Waals surface area contributed by atoms with Gasteiger partial charge in [0.1, 0.15) is 10.5 Å². The molecule has 0 unspecified atom stereocenters. The van der Waals surface area contributed by atoms with E-state index in [0.717, 1.165) is 22.4 Å². The number of nitrogens with one attached hydrogen (secondary N) is 1. The summed E-state index contributed by atoms with van der Waals surface area (Å²) in [6, 6.07) is 0. The number of aromatic amines is 1. The highest BCUT2D eigenvalue weighted by atomic mass is 32.1. The molecule has 0 saturated heterocycles. The molecule has 2 rings (SSSR count). The molecule has 1 aromatic rings. The fourth-order valence-electron chi connectivity index (χ4n) is 2.70. The van der Waals surface area contributed by atoms with Crippen molar-refractivity contribution in [1.82, 2.24) is 9.97 Å². The zero-order valence-corrected chi connectivity index (χ0v) is 11.7. The van der Waals surface area contributed by atoms with Gasteiger partial charge in [-0.15, -0.1) is 0 Å². The molecule has 0 atom stereocenters. The van der Waals surface area contributed by atoms with Crippen molar-refractivity contribution >= 4 is 12.2 Å². The van der Waals surface area contributed by atoms with Gasteiger partial charge in [0.05, 0.1) is 0 Å². The highest BCUT2D eigenvalue weighted by molar-refractivity contribution is 7.71. The molecule has 1 fully saturated rings. The first kappa shape index (κ1) is 12.7. The third-order valence-corrected chi connectivity index (χ3v) is 4.27. The van der Waals surface area contributed by atoms with Gasteiger partial charge in [0.15, 0.2) is 0 Å². The van der Waals surface area contributed by atoms with Crippen molar-refractivity contribution in [1.29, 1.82) is 0 Å². The van der Waals surface area contributed by atoms with Crippen molar-refractivity contribution in [3.05, 3.63) is 21.7 Å². The highest BCUT2D eigenvalue weighted by Crippen LogP contribution is 2.30. The normalized spacial score (nSPS) is 18.0. The lowest BCUT2D eigenvalue weighted by molar-refractivity contribution is 0.556. The number of rotatable bonds is 2. The summed E-state index contributed by atoms with van der Waals surface area (Å²) >= 11 is 5.37. The maximum Gasteiger partial charge on any atom is 0.132 e. The number of aromatic nitrogens is 2. The minimum Gasteiger partial charge on any atom is -0.347 e. The summed E-state index contributed by atoms with van der Waals surface area (Å²) in [6.07, 6.45) is 8.98. The minimum absolute atomic E-state index is 0.602. The van der Waals surface area contributed by atoms with Gasteiger partial charge in [0.2, 0.25) is 0 Å². The van der Waals surface area contributed by atoms with Crippen LogP contribution in [0.5, 0.6) is 0 Å². The Bertz CT molecular complexity index is 428. The first-order chi connectivity index (χ1) is 8.22. The summed E-state index contributed by atoms with van der Waals surface area (Å²) in [5.41, 5.74) is 2.42. The van der Waals surface area contributed by atoms with E-state index in [1.165, 1.54) is 44.2 Å². The van der Waals surface area contributed by atoms with Crippen LogP contribution in [0.15, 0.2) is 0 Å². The molecule has 3 heteroatoms. The largest absolute Gasteiger partial charge is 0.347 e. The second kappa shape index (κ2) is 5.76. The van der Waals surface area contributed by atoms with E-state index >= 15 is 0 Å².